The first-order valence-corrected chi connectivity index (χ1v) is 8.72. The van der Waals surface area contributed by atoms with Crippen molar-refractivity contribution >= 4 is 35.0 Å². The third-order valence-electron chi connectivity index (χ3n) is 3.71. The fourth-order valence-electron chi connectivity index (χ4n) is 2.29. The van der Waals surface area contributed by atoms with E-state index in [9.17, 15) is 24.5 Å². The van der Waals surface area contributed by atoms with Gasteiger partial charge in [0, 0.05) is 18.3 Å². The van der Waals surface area contributed by atoms with Crippen LogP contribution in [0.1, 0.15) is 24.2 Å². The first-order valence-electron chi connectivity index (χ1n) is 8.72. The van der Waals surface area contributed by atoms with Gasteiger partial charge in [0.05, 0.1) is 10.5 Å². The summed E-state index contributed by atoms with van der Waals surface area (Å²) >= 11 is 0. The minimum absolute atomic E-state index is 0.104. The maximum atomic E-state index is 12.3. The molecule has 0 saturated carbocycles. The normalized spacial score (nSPS) is 11.1. The second-order valence-corrected chi connectivity index (χ2v) is 5.88. The summed E-state index contributed by atoms with van der Waals surface area (Å²) in [7, 11) is 0. The van der Waals surface area contributed by atoms with Crippen molar-refractivity contribution in [3.05, 3.63) is 64.2 Å². The first kappa shape index (κ1) is 21.4. The molecule has 152 valence electrons. The lowest BCUT2D eigenvalue weighted by molar-refractivity contribution is -0.383. The van der Waals surface area contributed by atoms with E-state index in [1.165, 1.54) is 19.1 Å². The highest BCUT2D eigenvalue weighted by molar-refractivity contribution is 5.98. The number of amides is 3. The second kappa shape index (κ2) is 9.83. The Balaban J connectivity index is 2.12. The van der Waals surface area contributed by atoms with Gasteiger partial charge in [-0.3, -0.25) is 20.2 Å². The molecular weight excluding hydrogens is 380 g/mol. The lowest BCUT2D eigenvalue weighted by atomic mass is 10.1. The summed E-state index contributed by atoms with van der Waals surface area (Å²) in [5.74, 6) is -1.75. The SMILES string of the molecule is CCNC(=O)NC(=O)C(C)OC(=O)c1ccc(Nc2ccccc2)c([N+](=O)[O-])c1. The van der Waals surface area contributed by atoms with Crippen molar-refractivity contribution < 1.29 is 24.0 Å². The summed E-state index contributed by atoms with van der Waals surface area (Å²) in [4.78, 5) is 46.3. The molecule has 29 heavy (non-hydrogen) atoms. The zero-order chi connectivity index (χ0) is 21.4. The smallest absolute Gasteiger partial charge is 0.339 e. The van der Waals surface area contributed by atoms with E-state index < -0.39 is 28.9 Å². The highest BCUT2D eigenvalue weighted by atomic mass is 16.6. The van der Waals surface area contributed by atoms with Gasteiger partial charge in [-0.15, -0.1) is 0 Å². The van der Waals surface area contributed by atoms with Crippen LogP contribution in [0.4, 0.5) is 21.9 Å². The van der Waals surface area contributed by atoms with Crippen molar-refractivity contribution in [1.29, 1.82) is 0 Å². The van der Waals surface area contributed by atoms with Crippen LogP contribution < -0.4 is 16.0 Å². The monoisotopic (exact) mass is 400 g/mol. The van der Waals surface area contributed by atoms with Crippen LogP contribution in [-0.4, -0.2) is 35.5 Å². The van der Waals surface area contributed by atoms with Gasteiger partial charge in [-0.05, 0) is 38.1 Å². The van der Waals surface area contributed by atoms with Gasteiger partial charge in [-0.25, -0.2) is 9.59 Å². The zero-order valence-electron chi connectivity index (χ0n) is 15.8. The van der Waals surface area contributed by atoms with Crippen LogP contribution in [0.25, 0.3) is 0 Å². The number of nitrogens with zero attached hydrogens (tertiary/aromatic N) is 1. The molecule has 0 saturated heterocycles. The number of nitro benzene ring substituents is 1. The van der Waals surface area contributed by atoms with Crippen molar-refractivity contribution in [3.8, 4) is 0 Å². The predicted molar refractivity (Wildman–Crippen MR) is 105 cm³/mol. The molecule has 0 fully saturated rings. The molecule has 10 nitrogen and oxygen atoms in total. The van der Waals surface area contributed by atoms with Gasteiger partial charge in [-0.1, -0.05) is 18.2 Å². The van der Waals surface area contributed by atoms with E-state index in [2.05, 4.69) is 10.6 Å². The molecule has 0 radical (unpaired) electrons. The molecule has 2 aromatic carbocycles. The molecule has 3 N–H and O–H groups in total. The summed E-state index contributed by atoms with van der Waals surface area (Å²) < 4.78 is 5.00. The summed E-state index contributed by atoms with van der Waals surface area (Å²) in [5, 5.41) is 18.7. The predicted octanol–water partition coefficient (Wildman–Crippen LogP) is 2.73. The number of carbonyl (C=O) groups excluding carboxylic acids is 3. The van der Waals surface area contributed by atoms with Crippen LogP contribution in [0, 0.1) is 10.1 Å². The molecule has 2 aromatic rings. The molecule has 1 unspecified atom stereocenters. The number of urea groups is 1. The van der Waals surface area contributed by atoms with Gasteiger partial charge in [0.2, 0.25) is 0 Å². The maximum Gasteiger partial charge on any atom is 0.339 e. The quantitative estimate of drug-likeness (QED) is 0.369. The van der Waals surface area contributed by atoms with Gasteiger partial charge in [-0.2, -0.15) is 0 Å². The van der Waals surface area contributed by atoms with E-state index in [1.54, 1.807) is 31.2 Å². The van der Waals surface area contributed by atoms with Crippen molar-refractivity contribution in [2.45, 2.75) is 20.0 Å². The van der Waals surface area contributed by atoms with E-state index >= 15 is 0 Å². The number of nitrogens with one attached hydrogen (secondary N) is 3. The molecule has 0 aromatic heterocycles. The lowest BCUT2D eigenvalue weighted by Crippen LogP contribution is -2.44. The average molecular weight is 400 g/mol. The molecule has 2 rings (SSSR count). The van der Waals surface area contributed by atoms with Gasteiger partial charge in [0.15, 0.2) is 6.10 Å². The molecule has 1 atom stereocenters. The van der Waals surface area contributed by atoms with Gasteiger partial charge in [0.25, 0.3) is 11.6 Å². The molecule has 0 aliphatic rings. The average Bonchev–Trinajstić information content (AvgIpc) is 2.68. The lowest BCUT2D eigenvalue weighted by Gasteiger charge is -2.13. The zero-order valence-corrected chi connectivity index (χ0v) is 15.8. The summed E-state index contributed by atoms with van der Waals surface area (Å²) in [5.41, 5.74) is 0.400. The minimum atomic E-state index is -1.27. The number of anilines is 2. The maximum absolute atomic E-state index is 12.3. The number of nitro groups is 1. The highest BCUT2D eigenvalue weighted by Crippen LogP contribution is 2.29. The summed E-state index contributed by atoms with van der Waals surface area (Å²) in [6.45, 7) is 3.28. The van der Waals surface area contributed by atoms with E-state index in [4.69, 9.17) is 4.74 Å². The number of esters is 1. The molecule has 0 heterocycles. The minimum Gasteiger partial charge on any atom is -0.449 e. The second-order valence-electron chi connectivity index (χ2n) is 5.88. The van der Waals surface area contributed by atoms with Crippen LogP contribution in [0.3, 0.4) is 0 Å². The Bertz CT molecular complexity index is 916. The number of para-hydroxylation sites is 1. The van der Waals surface area contributed by atoms with Crippen molar-refractivity contribution in [3.63, 3.8) is 0 Å². The molecule has 3 amide bonds. The van der Waals surface area contributed by atoms with Gasteiger partial charge < -0.3 is 15.4 Å². The largest absolute Gasteiger partial charge is 0.449 e. The Morgan fingerprint density at radius 2 is 1.83 bits per heavy atom. The van der Waals surface area contributed by atoms with Crippen molar-refractivity contribution in [2.75, 3.05) is 11.9 Å². The van der Waals surface area contributed by atoms with Crippen LogP contribution in [0.15, 0.2) is 48.5 Å². The van der Waals surface area contributed by atoms with E-state index in [0.29, 0.717) is 12.2 Å². The van der Waals surface area contributed by atoms with E-state index in [-0.39, 0.29) is 16.9 Å². The number of ether oxygens (including phenoxy) is 1. The first-order chi connectivity index (χ1) is 13.8. The molecule has 0 spiro atoms. The van der Waals surface area contributed by atoms with Gasteiger partial charge >= 0.3 is 12.0 Å². The van der Waals surface area contributed by atoms with Gasteiger partial charge in [0.1, 0.15) is 5.69 Å². The fraction of sp³-hybridized carbons (Fsp3) is 0.211. The Labute approximate surface area is 166 Å². The summed E-state index contributed by atoms with van der Waals surface area (Å²) in [6, 6.07) is 11.9. The third kappa shape index (κ3) is 6.03. The van der Waals surface area contributed by atoms with Crippen LogP contribution in [0.5, 0.6) is 0 Å². The third-order valence-corrected chi connectivity index (χ3v) is 3.71. The molecule has 0 bridgehead atoms. The number of hydrogen-bond donors (Lipinski definition) is 3. The van der Waals surface area contributed by atoms with Crippen LogP contribution >= 0.6 is 0 Å². The Morgan fingerprint density at radius 3 is 2.45 bits per heavy atom. The molecule has 0 aliphatic heterocycles. The Hall–Kier alpha value is -3.95. The van der Waals surface area contributed by atoms with Crippen LogP contribution in [0.2, 0.25) is 0 Å². The number of carbonyl (C=O) groups is 3. The fourth-order valence-corrected chi connectivity index (χ4v) is 2.29. The van der Waals surface area contributed by atoms with Crippen molar-refractivity contribution in [2.24, 2.45) is 0 Å². The number of rotatable bonds is 7. The van der Waals surface area contributed by atoms with Crippen LogP contribution in [-0.2, 0) is 9.53 Å². The van der Waals surface area contributed by atoms with E-state index in [1.807, 2.05) is 11.4 Å². The van der Waals surface area contributed by atoms with E-state index in [0.717, 1.165) is 6.07 Å². The molecule has 0 aliphatic carbocycles. The number of hydrogen-bond acceptors (Lipinski definition) is 7. The van der Waals surface area contributed by atoms with Crippen molar-refractivity contribution in [1.82, 2.24) is 10.6 Å². The Kier molecular flexibility index (Phi) is 7.24. The molecule has 10 heteroatoms. The number of benzene rings is 2. The standard InChI is InChI=1S/C19H20N4O6/c1-3-20-19(26)22-17(24)12(2)29-18(25)13-9-10-15(16(11-13)23(27)28)21-14-7-5-4-6-8-14/h4-12,21H,3H2,1-2H3,(H2,20,22,24,26). The molecular formula is C19H20N4O6. The Morgan fingerprint density at radius 1 is 1.14 bits per heavy atom. The topological polar surface area (TPSA) is 140 Å². The summed E-state index contributed by atoms with van der Waals surface area (Å²) in [6.07, 6.45) is -1.27. The highest BCUT2D eigenvalue weighted by Gasteiger charge is 2.23. The number of imide groups is 1.